The standard InChI is InChI=1S/C13H17N5O2/c1-13(8-19,9-5-6-9)15-12(20)14-11-17-16-10-4-2-3-7-18(10)11/h2-4,7,9,19H,5-6,8H2,1H3,(H2,14,15,17,20). The molecule has 0 spiro atoms. The number of anilines is 1. The minimum Gasteiger partial charge on any atom is -0.394 e. The predicted molar refractivity (Wildman–Crippen MR) is 73.4 cm³/mol. The van der Waals surface area contributed by atoms with E-state index in [1.807, 2.05) is 19.1 Å². The van der Waals surface area contributed by atoms with Crippen LogP contribution in [-0.4, -0.2) is 37.9 Å². The van der Waals surface area contributed by atoms with Crippen molar-refractivity contribution in [2.75, 3.05) is 11.9 Å². The van der Waals surface area contributed by atoms with E-state index >= 15 is 0 Å². The average Bonchev–Trinajstić information content (AvgIpc) is 3.23. The number of hydrogen-bond donors (Lipinski definition) is 3. The van der Waals surface area contributed by atoms with Crippen molar-refractivity contribution in [2.24, 2.45) is 5.92 Å². The Kier molecular flexibility index (Phi) is 3.06. The van der Waals surface area contributed by atoms with Gasteiger partial charge in [0.2, 0.25) is 5.95 Å². The molecule has 0 aromatic carbocycles. The van der Waals surface area contributed by atoms with Gasteiger partial charge in [-0.2, -0.15) is 0 Å². The van der Waals surface area contributed by atoms with E-state index in [4.69, 9.17) is 0 Å². The van der Waals surface area contributed by atoms with Crippen molar-refractivity contribution in [3.63, 3.8) is 0 Å². The molecule has 3 rings (SSSR count). The largest absolute Gasteiger partial charge is 0.394 e. The Hall–Kier alpha value is -2.15. The fourth-order valence-electron chi connectivity index (χ4n) is 2.31. The maximum absolute atomic E-state index is 12.0. The number of aromatic nitrogens is 3. The summed E-state index contributed by atoms with van der Waals surface area (Å²) in [4.78, 5) is 12.0. The van der Waals surface area contributed by atoms with E-state index < -0.39 is 5.54 Å². The van der Waals surface area contributed by atoms with E-state index in [1.165, 1.54) is 0 Å². The summed E-state index contributed by atoms with van der Waals surface area (Å²) in [5.74, 6) is 0.697. The fourth-order valence-corrected chi connectivity index (χ4v) is 2.31. The summed E-state index contributed by atoms with van der Waals surface area (Å²) in [5, 5.41) is 22.8. The van der Waals surface area contributed by atoms with Gasteiger partial charge in [-0.05, 0) is 37.8 Å². The Balaban J connectivity index is 1.72. The Bertz CT molecular complexity index is 636. The number of pyridine rings is 1. The summed E-state index contributed by atoms with van der Waals surface area (Å²) in [6, 6.07) is 5.11. The lowest BCUT2D eigenvalue weighted by Crippen LogP contribution is -2.52. The van der Waals surface area contributed by atoms with Crippen molar-refractivity contribution in [1.29, 1.82) is 0 Å². The first kappa shape index (κ1) is 12.9. The first-order chi connectivity index (χ1) is 9.62. The second-order valence-corrected chi connectivity index (χ2v) is 5.38. The summed E-state index contributed by atoms with van der Waals surface area (Å²) in [6.45, 7) is 1.78. The molecule has 2 amide bonds. The van der Waals surface area contributed by atoms with Crippen LogP contribution < -0.4 is 10.6 Å². The molecule has 0 radical (unpaired) electrons. The van der Waals surface area contributed by atoms with Crippen LogP contribution in [0.4, 0.5) is 10.7 Å². The van der Waals surface area contributed by atoms with Gasteiger partial charge in [0, 0.05) is 6.20 Å². The monoisotopic (exact) mass is 275 g/mol. The number of nitrogens with zero attached hydrogens (tertiary/aromatic N) is 3. The third-order valence-electron chi connectivity index (χ3n) is 3.75. The molecule has 1 unspecified atom stereocenters. The second-order valence-electron chi connectivity index (χ2n) is 5.38. The van der Waals surface area contributed by atoms with Crippen molar-refractivity contribution in [3.05, 3.63) is 24.4 Å². The van der Waals surface area contributed by atoms with E-state index in [0.29, 0.717) is 17.5 Å². The molecule has 20 heavy (non-hydrogen) atoms. The van der Waals surface area contributed by atoms with Gasteiger partial charge in [-0.3, -0.25) is 9.72 Å². The highest BCUT2D eigenvalue weighted by atomic mass is 16.3. The molecular formula is C13H17N5O2. The van der Waals surface area contributed by atoms with Crippen LogP contribution in [0.15, 0.2) is 24.4 Å². The Morgan fingerprint density at radius 1 is 1.50 bits per heavy atom. The maximum atomic E-state index is 12.0. The van der Waals surface area contributed by atoms with Gasteiger partial charge in [0.15, 0.2) is 5.65 Å². The molecular weight excluding hydrogens is 258 g/mol. The molecule has 7 nitrogen and oxygen atoms in total. The first-order valence-electron chi connectivity index (χ1n) is 6.62. The van der Waals surface area contributed by atoms with Crippen LogP contribution in [0.2, 0.25) is 0 Å². The lowest BCUT2D eigenvalue weighted by molar-refractivity contribution is 0.159. The fraction of sp³-hybridized carbons (Fsp3) is 0.462. The van der Waals surface area contributed by atoms with E-state index in [2.05, 4.69) is 20.8 Å². The molecule has 2 aromatic heterocycles. The van der Waals surface area contributed by atoms with Crippen molar-refractivity contribution in [3.8, 4) is 0 Å². The third kappa shape index (κ3) is 2.32. The highest BCUT2D eigenvalue weighted by Crippen LogP contribution is 2.39. The summed E-state index contributed by atoms with van der Waals surface area (Å²) >= 11 is 0. The van der Waals surface area contributed by atoms with Crippen LogP contribution in [0.1, 0.15) is 19.8 Å². The van der Waals surface area contributed by atoms with Crippen molar-refractivity contribution < 1.29 is 9.90 Å². The molecule has 106 valence electrons. The van der Waals surface area contributed by atoms with Crippen molar-refractivity contribution in [1.82, 2.24) is 19.9 Å². The summed E-state index contributed by atoms with van der Waals surface area (Å²) in [6.07, 6.45) is 3.84. The van der Waals surface area contributed by atoms with Gasteiger partial charge in [-0.15, -0.1) is 10.2 Å². The average molecular weight is 275 g/mol. The molecule has 1 atom stereocenters. The van der Waals surface area contributed by atoms with Gasteiger partial charge in [0.25, 0.3) is 0 Å². The lowest BCUT2D eigenvalue weighted by Gasteiger charge is -2.28. The Morgan fingerprint density at radius 3 is 3.00 bits per heavy atom. The molecule has 7 heteroatoms. The molecule has 0 saturated heterocycles. The van der Waals surface area contributed by atoms with Crippen LogP contribution in [-0.2, 0) is 0 Å². The number of aliphatic hydroxyl groups is 1. The quantitative estimate of drug-likeness (QED) is 0.776. The van der Waals surface area contributed by atoms with E-state index in [-0.39, 0.29) is 12.6 Å². The van der Waals surface area contributed by atoms with Crippen LogP contribution in [0.5, 0.6) is 0 Å². The first-order valence-corrected chi connectivity index (χ1v) is 6.62. The van der Waals surface area contributed by atoms with E-state index in [1.54, 1.807) is 16.7 Å². The molecule has 0 aliphatic heterocycles. The summed E-state index contributed by atoms with van der Waals surface area (Å²) < 4.78 is 1.69. The number of hydrogen-bond acceptors (Lipinski definition) is 4. The molecule has 1 aliphatic carbocycles. The highest BCUT2D eigenvalue weighted by Gasteiger charge is 2.42. The van der Waals surface area contributed by atoms with Crippen LogP contribution in [0.3, 0.4) is 0 Å². The van der Waals surface area contributed by atoms with Gasteiger partial charge in [-0.25, -0.2) is 4.79 Å². The van der Waals surface area contributed by atoms with Gasteiger partial charge < -0.3 is 10.4 Å². The number of rotatable bonds is 4. The number of carbonyl (C=O) groups is 1. The van der Waals surface area contributed by atoms with Gasteiger partial charge in [0.05, 0.1) is 12.1 Å². The smallest absolute Gasteiger partial charge is 0.322 e. The minimum atomic E-state index is -0.579. The topological polar surface area (TPSA) is 91.5 Å². The zero-order chi connectivity index (χ0) is 14.2. The predicted octanol–water partition coefficient (Wildman–Crippen LogP) is 1.01. The molecule has 0 bridgehead atoms. The minimum absolute atomic E-state index is 0.0777. The number of aliphatic hydroxyl groups excluding tert-OH is 1. The van der Waals surface area contributed by atoms with Crippen LogP contribution in [0, 0.1) is 5.92 Å². The maximum Gasteiger partial charge on any atom is 0.322 e. The van der Waals surface area contributed by atoms with Crippen molar-refractivity contribution in [2.45, 2.75) is 25.3 Å². The van der Waals surface area contributed by atoms with Crippen molar-refractivity contribution >= 4 is 17.6 Å². The Morgan fingerprint density at radius 2 is 2.30 bits per heavy atom. The summed E-state index contributed by atoms with van der Waals surface area (Å²) in [5.41, 5.74) is 0.0832. The second kappa shape index (κ2) is 4.75. The Labute approximate surface area is 116 Å². The number of urea groups is 1. The lowest BCUT2D eigenvalue weighted by atomic mass is 9.97. The molecule has 1 aliphatic rings. The molecule has 2 aromatic rings. The number of fused-ring (bicyclic) bond motifs is 1. The van der Waals surface area contributed by atoms with Crippen LogP contribution in [0.25, 0.3) is 5.65 Å². The highest BCUT2D eigenvalue weighted by molar-refractivity contribution is 5.88. The number of nitrogens with one attached hydrogen (secondary N) is 2. The molecule has 1 fully saturated rings. The van der Waals surface area contributed by atoms with E-state index in [9.17, 15) is 9.90 Å². The third-order valence-corrected chi connectivity index (χ3v) is 3.75. The molecule has 1 saturated carbocycles. The van der Waals surface area contributed by atoms with Gasteiger partial charge in [0.1, 0.15) is 0 Å². The molecule has 2 heterocycles. The van der Waals surface area contributed by atoms with Crippen LogP contribution >= 0.6 is 0 Å². The zero-order valence-electron chi connectivity index (χ0n) is 11.2. The number of amides is 2. The zero-order valence-corrected chi connectivity index (χ0v) is 11.2. The SMILES string of the molecule is CC(CO)(NC(=O)Nc1nnc2ccccn12)C1CC1. The summed E-state index contributed by atoms with van der Waals surface area (Å²) in [7, 11) is 0. The van der Waals surface area contributed by atoms with Gasteiger partial charge >= 0.3 is 6.03 Å². The van der Waals surface area contributed by atoms with Gasteiger partial charge in [-0.1, -0.05) is 6.07 Å². The molecule has 3 N–H and O–H groups in total. The van der Waals surface area contributed by atoms with E-state index in [0.717, 1.165) is 12.8 Å². The number of carbonyl (C=O) groups excluding carboxylic acids is 1. The normalized spacial score (nSPS) is 17.7.